The van der Waals surface area contributed by atoms with Crippen LogP contribution in [-0.4, -0.2) is 18.3 Å². The predicted molar refractivity (Wildman–Crippen MR) is 84.9 cm³/mol. The Morgan fingerprint density at radius 1 is 1.37 bits per heavy atom. The first kappa shape index (κ1) is 16.5. The van der Waals surface area contributed by atoms with E-state index in [4.69, 9.17) is 11.6 Å². The van der Waals surface area contributed by atoms with Gasteiger partial charge in [-0.05, 0) is 37.5 Å². The van der Waals surface area contributed by atoms with Gasteiger partial charge in [-0.2, -0.15) is 0 Å². The molecule has 0 saturated heterocycles. The molecule has 1 N–H and O–H groups in total. The van der Waals surface area contributed by atoms with Crippen LogP contribution in [0.3, 0.4) is 0 Å². The number of rotatable bonds is 6. The Hall–Kier alpha value is -0.540. The Labute approximate surface area is 129 Å². The van der Waals surface area contributed by atoms with Crippen molar-refractivity contribution < 1.29 is 4.79 Å². The summed E-state index contributed by atoms with van der Waals surface area (Å²) in [6, 6.07) is 5.66. The van der Waals surface area contributed by atoms with E-state index in [1.807, 2.05) is 25.1 Å². The van der Waals surface area contributed by atoms with Crippen LogP contribution in [0.2, 0.25) is 0 Å². The molecule has 1 rings (SSSR count). The highest BCUT2D eigenvalue weighted by Gasteiger charge is 2.26. The minimum absolute atomic E-state index is 0.00284. The molecule has 0 aromatic heterocycles. The summed E-state index contributed by atoms with van der Waals surface area (Å²) in [6.07, 6.45) is 1.93. The van der Waals surface area contributed by atoms with Crippen LogP contribution in [0.25, 0.3) is 0 Å². The summed E-state index contributed by atoms with van der Waals surface area (Å²) in [7, 11) is 0. The quantitative estimate of drug-likeness (QED) is 0.753. The second-order valence-corrected chi connectivity index (χ2v) is 6.06. The van der Waals surface area contributed by atoms with Gasteiger partial charge in [-0.1, -0.05) is 35.8 Å². The van der Waals surface area contributed by atoms with Gasteiger partial charge in [0, 0.05) is 27.9 Å². The lowest BCUT2D eigenvalue weighted by molar-refractivity contribution is 0.0931. The lowest BCUT2D eigenvalue weighted by Crippen LogP contribution is -2.38. The molecule has 0 radical (unpaired) electrons. The first-order valence-electron chi connectivity index (χ1n) is 6.59. The Kier molecular flexibility index (Phi) is 6.34. The van der Waals surface area contributed by atoms with Crippen molar-refractivity contribution in [1.82, 2.24) is 5.32 Å². The van der Waals surface area contributed by atoms with Crippen LogP contribution in [0.15, 0.2) is 22.7 Å². The van der Waals surface area contributed by atoms with Crippen LogP contribution in [0.1, 0.15) is 42.6 Å². The Balaban J connectivity index is 2.78. The number of benzene rings is 1. The molecule has 2 nitrogen and oxygen atoms in total. The highest BCUT2D eigenvalue weighted by atomic mass is 79.9. The number of nitrogens with one attached hydrogen (secondary N) is 1. The lowest BCUT2D eigenvalue weighted by Gasteiger charge is -2.29. The number of carbonyl (C=O) groups is 1. The van der Waals surface area contributed by atoms with Gasteiger partial charge in [0.2, 0.25) is 0 Å². The zero-order valence-electron chi connectivity index (χ0n) is 11.7. The molecule has 19 heavy (non-hydrogen) atoms. The number of amides is 1. The predicted octanol–water partition coefficient (Wildman–Crippen LogP) is 4.53. The normalized spacial score (nSPS) is 11.4. The Morgan fingerprint density at radius 3 is 2.53 bits per heavy atom. The van der Waals surface area contributed by atoms with Crippen LogP contribution in [-0.2, 0) is 0 Å². The van der Waals surface area contributed by atoms with Crippen LogP contribution in [0.5, 0.6) is 0 Å². The van der Waals surface area contributed by atoms with Gasteiger partial charge in [-0.25, -0.2) is 0 Å². The zero-order valence-corrected chi connectivity index (χ0v) is 14.1. The molecule has 0 fully saturated rings. The highest BCUT2D eigenvalue weighted by molar-refractivity contribution is 9.10. The SMILES string of the molecule is CCC(CC)(CCl)CNC(=O)c1cccc(Br)c1C. The molecule has 0 spiro atoms. The van der Waals surface area contributed by atoms with Crippen molar-refractivity contribution in [3.63, 3.8) is 0 Å². The van der Waals surface area contributed by atoms with Crippen molar-refractivity contribution in [3.05, 3.63) is 33.8 Å². The molecule has 106 valence electrons. The Bertz CT molecular complexity index is 436. The van der Waals surface area contributed by atoms with Crippen LogP contribution < -0.4 is 5.32 Å². The molecule has 1 amide bonds. The summed E-state index contributed by atoms with van der Waals surface area (Å²) in [5.41, 5.74) is 1.67. The van der Waals surface area contributed by atoms with Crippen molar-refractivity contribution in [2.24, 2.45) is 5.41 Å². The molecular formula is C15H21BrClNO. The number of carbonyl (C=O) groups excluding carboxylic acids is 1. The van der Waals surface area contributed by atoms with Gasteiger partial charge < -0.3 is 5.32 Å². The van der Waals surface area contributed by atoms with Crippen molar-refractivity contribution in [2.45, 2.75) is 33.6 Å². The van der Waals surface area contributed by atoms with Gasteiger partial charge in [0.25, 0.3) is 5.91 Å². The molecule has 1 aromatic rings. The van der Waals surface area contributed by atoms with E-state index in [9.17, 15) is 4.79 Å². The average Bonchev–Trinajstić information content (AvgIpc) is 2.44. The monoisotopic (exact) mass is 345 g/mol. The zero-order chi connectivity index (χ0) is 14.5. The van der Waals surface area contributed by atoms with Crippen LogP contribution >= 0.6 is 27.5 Å². The minimum atomic E-state index is -0.0322. The van der Waals surface area contributed by atoms with E-state index >= 15 is 0 Å². The first-order valence-corrected chi connectivity index (χ1v) is 7.91. The molecule has 0 unspecified atom stereocenters. The molecule has 0 bridgehead atoms. The molecule has 0 heterocycles. The summed E-state index contributed by atoms with van der Waals surface area (Å²) >= 11 is 9.50. The van der Waals surface area contributed by atoms with Crippen LogP contribution in [0, 0.1) is 12.3 Å². The van der Waals surface area contributed by atoms with Gasteiger partial charge in [0.15, 0.2) is 0 Å². The molecule has 1 aromatic carbocycles. The standard InChI is InChI=1S/C15H21BrClNO/c1-4-15(5-2,9-17)10-18-14(19)12-7-6-8-13(16)11(12)3/h6-8H,4-5,9-10H2,1-3H3,(H,18,19). The average molecular weight is 347 g/mol. The molecule has 0 aliphatic heterocycles. The van der Waals surface area contributed by atoms with Crippen LogP contribution in [0.4, 0.5) is 0 Å². The maximum Gasteiger partial charge on any atom is 0.251 e. The lowest BCUT2D eigenvalue weighted by atomic mass is 9.84. The summed E-state index contributed by atoms with van der Waals surface area (Å²) in [6.45, 7) is 6.78. The maximum atomic E-state index is 12.2. The summed E-state index contributed by atoms with van der Waals surface area (Å²) in [5, 5.41) is 3.02. The highest BCUT2D eigenvalue weighted by Crippen LogP contribution is 2.27. The van der Waals surface area contributed by atoms with Crippen molar-refractivity contribution >= 4 is 33.4 Å². The number of alkyl halides is 1. The molecule has 0 aliphatic rings. The first-order chi connectivity index (χ1) is 8.99. The second-order valence-electron chi connectivity index (χ2n) is 4.94. The minimum Gasteiger partial charge on any atom is -0.351 e. The van der Waals surface area contributed by atoms with E-state index in [0.29, 0.717) is 18.0 Å². The van der Waals surface area contributed by atoms with Gasteiger partial charge in [-0.3, -0.25) is 4.79 Å². The van der Waals surface area contributed by atoms with E-state index in [1.54, 1.807) is 0 Å². The molecule has 4 heteroatoms. The van der Waals surface area contributed by atoms with E-state index < -0.39 is 0 Å². The van der Waals surface area contributed by atoms with Crippen molar-refractivity contribution in [1.29, 1.82) is 0 Å². The molecule has 0 aliphatic carbocycles. The third-order valence-corrected chi connectivity index (χ3v) is 5.35. The molecule has 0 saturated carbocycles. The van der Waals surface area contributed by atoms with Crippen molar-refractivity contribution in [2.75, 3.05) is 12.4 Å². The molecular weight excluding hydrogens is 326 g/mol. The number of hydrogen-bond donors (Lipinski definition) is 1. The topological polar surface area (TPSA) is 29.1 Å². The smallest absolute Gasteiger partial charge is 0.251 e. The van der Waals surface area contributed by atoms with Gasteiger partial charge in [0.1, 0.15) is 0 Å². The maximum absolute atomic E-state index is 12.2. The fourth-order valence-corrected chi connectivity index (χ4v) is 2.79. The number of halogens is 2. The van der Waals surface area contributed by atoms with Gasteiger partial charge in [-0.15, -0.1) is 11.6 Å². The fraction of sp³-hybridized carbons (Fsp3) is 0.533. The third kappa shape index (κ3) is 3.96. The second kappa shape index (κ2) is 7.30. The Morgan fingerprint density at radius 2 is 2.00 bits per heavy atom. The summed E-state index contributed by atoms with van der Waals surface area (Å²) in [5.74, 6) is 0.535. The largest absolute Gasteiger partial charge is 0.351 e. The van der Waals surface area contributed by atoms with Gasteiger partial charge >= 0.3 is 0 Å². The summed E-state index contributed by atoms with van der Waals surface area (Å²) < 4.78 is 0.953. The third-order valence-electron chi connectivity index (χ3n) is 3.92. The van der Waals surface area contributed by atoms with E-state index in [1.165, 1.54) is 0 Å². The van der Waals surface area contributed by atoms with Gasteiger partial charge in [0.05, 0.1) is 0 Å². The van der Waals surface area contributed by atoms with Crippen molar-refractivity contribution in [3.8, 4) is 0 Å². The number of hydrogen-bond acceptors (Lipinski definition) is 1. The van der Waals surface area contributed by atoms with E-state index in [0.717, 1.165) is 22.9 Å². The van der Waals surface area contributed by atoms with E-state index in [2.05, 4.69) is 35.1 Å². The summed E-state index contributed by atoms with van der Waals surface area (Å²) in [4.78, 5) is 12.2. The fourth-order valence-electron chi connectivity index (χ4n) is 1.95. The molecule has 0 atom stereocenters. The van der Waals surface area contributed by atoms with E-state index in [-0.39, 0.29) is 11.3 Å².